The van der Waals surface area contributed by atoms with Gasteiger partial charge in [0, 0.05) is 31.2 Å². The molecule has 1 N–H and O–H groups in total. The number of anilines is 1. The second kappa shape index (κ2) is 6.33. The number of carbonyl (C=O) groups is 1. The quantitative estimate of drug-likeness (QED) is 0.922. The summed E-state index contributed by atoms with van der Waals surface area (Å²) in [6.45, 7) is 2.56. The molecule has 3 rings (SSSR count). The number of carbonyl (C=O) groups excluding carboxylic acids is 1. The highest BCUT2D eigenvalue weighted by molar-refractivity contribution is 7.88. The van der Waals surface area contributed by atoms with Crippen molar-refractivity contribution < 1.29 is 13.2 Å². The van der Waals surface area contributed by atoms with E-state index in [2.05, 4.69) is 10.3 Å². The fraction of sp³-hybridized carbons (Fsp3) is 0.294. The number of benzene rings is 1. The van der Waals surface area contributed by atoms with Crippen LogP contribution in [0.5, 0.6) is 0 Å². The minimum atomic E-state index is -3.25. The third-order valence-electron chi connectivity index (χ3n) is 4.21. The van der Waals surface area contributed by atoms with Crippen LogP contribution in [0.4, 0.5) is 5.69 Å². The number of nitrogens with one attached hydrogen (secondary N) is 1. The van der Waals surface area contributed by atoms with E-state index in [9.17, 15) is 13.2 Å². The highest BCUT2D eigenvalue weighted by atomic mass is 32.2. The zero-order chi connectivity index (χ0) is 17.3. The van der Waals surface area contributed by atoms with Gasteiger partial charge in [0.15, 0.2) is 0 Å². The third kappa shape index (κ3) is 3.32. The van der Waals surface area contributed by atoms with E-state index in [1.165, 1.54) is 10.6 Å². The van der Waals surface area contributed by atoms with Gasteiger partial charge in [-0.25, -0.2) is 8.42 Å². The zero-order valence-electron chi connectivity index (χ0n) is 13.6. The Morgan fingerprint density at radius 1 is 1.25 bits per heavy atom. The number of nitrogens with zero attached hydrogens (tertiary/aromatic N) is 2. The third-order valence-corrected chi connectivity index (χ3v) is 5.46. The van der Waals surface area contributed by atoms with Crippen molar-refractivity contribution in [1.82, 2.24) is 9.29 Å². The van der Waals surface area contributed by atoms with Gasteiger partial charge in [-0.2, -0.15) is 4.31 Å². The van der Waals surface area contributed by atoms with E-state index in [0.29, 0.717) is 18.5 Å². The molecule has 126 valence electrons. The van der Waals surface area contributed by atoms with Crippen LogP contribution in [0.3, 0.4) is 0 Å². The number of aryl methyl sites for hydroxylation is 1. The Morgan fingerprint density at radius 2 is 2.00 bits per heavy atom. The summed E-state index contributed by atoms with van der Waals surface area (Å²) in [5, 5.41) is 2.91. The molecule has 1 amide bonds. The van der Waals surface area contributed by atoms with Crippen LogP contribution in [0.1, 0.15) is 27.0 Å². The molecule has 0 saturated heterocycles. The average Bonchev–Trinajstić information content (AvgIpc) is 2.55. The lowest BCUT2D eigenvalue weighted by Crippen LogP contribution is -2.36. The van der Waals surface area contributed by atoms with Gasteiger partial charge in [-0.05, 0) is 36.1 Å². The molecule has 0 radical (unpaired) electrons. The van der Waals surface area contributed by atoms with Crippen LogP contribution in [-0.4, -0.2) is 36.4 Å². The Kier molecular flexibility index (Phi) is 4.38. The summed E-state index contributed by atoms with van der Waals surface area (Å²) in [7, 11) is -3.25. The van der Waals surface area contributed by atoms with Crippen LogP contribution in [0.15, 0.2) is 36.7 Å². The van der Waals surface area contributed by atoms with Gasteiger partial charge in [0.1, 0.15) is 0 Å². The van der Waals surface area contributed by atoms with E-state index in [0.717, 1.165) is 22.4 Å². The number of amides is 1. The molecule has 1 aliphatic heterocycles. The second-order valence-corrected chi connectivity index (χ2v) is 7.92. The van der Waals surface area contributed by atoms with Crippen LogP contribution < -0.4 is 5.32 Å². The SMILES string of the molecule is Cc1ccccc1NC(=O)c1cncc2c1CCN(S(C)(=O)=O)C2. The summed E-state index contributed by atoms with van der Waals surface area (Å²) < 4.78 is 24.8. The number of pyridine rings is 1. The lowest BCUT2D eigenvalue weighted by molar-refractivity contribution is 0.102. The summed E-state index contributed by atoms with van der Waals surface area (Å²) in [4.78, 5) is 16.8. The van der Waals surface area contributed by atoms with Gasteiger partial charge >= 0.3 is 0 Å². The molecule has 0 saturated carbocycles. The van der Waals surface area contributed by atoms with Crippen LogP contribution in [0.25, 0.3) is 0 Å². The van der Waals surface area contributed by atoms with Crippen molar-refractivity contribution in [1.29, 1.82) is 0 Å². The number of sulfonamides is 1. The fourth-order valence-electron chi connectivity index (χ4n) is 2.85. The number of hydrogen-bond donors (Lipinski definition) is 1. The van der Waals surface area contributed by atoms with Gasteiger partial charge < -0.3 is 5.32 Å². The van der Waals surface area contributed by atoms with Gasteiger partial charge in [0.05, 0.1) is 11.8 Å². The molecule has 2 aromatic rings. The summed E-state index contributed by atoms with van der Waals surface area (Å²) in [5.41, 5.74) is 3.89. The molecule has 7 heteroatoms. The molecule has 2 heterocycles. The van der Waals surface area contributed by atoms with Gasteiger partial charge in [-0.1, -0.05) is 18.2 Å². The molecule has 1 aliphatic rings. The first-order chi connectivity index (χ1) is 11.4. The smallest absolute Gasteiger partial charge is 0.257 e. The Balaban J connectivity index is 1.89. The lowest BCUT2D eigenvalue weighted by Gasteiger charge is -2.27. The summed E-state index contributed by atoms with van der Waals surface area (Å²) in [6, 6.07) is 7.56. The minimum Gasteiger partial charge on any atom is -0.322 e. The first-order valence-electron chi connectivity index (χ1n) is 7.64. The highest BCUT2D eigenvalue weighted by Gasteiger charge is 2.26. The molecule has 1 aromatic heterocycles. The van der Waals surface area contributed by atoms with Crippen molar-refractivity contribution in [2.24, 2.45) is 0 Å². The van der Waals surface area contributed by atoms with Crippen LogP contribution in [-0.2, 0) is 23.0 Å². The molecule has 24 heavy (non-hydrogen) atoms. The molecule has 0 fully saturated rings. The molecule has 6 nitrogen and oxygen atoms in total. The first-order valence-corrected chi connectivity index (χ1v) is 9.49. The van der Waals surface area contributed by atoms with Gasteiger partial charge in [0.25, 0.3) is 5.91 Å². The standard InChI is InChI=1S/C17H19N3O3S/c1-12-5-3-4-6-16(12)19-17(21)15-10-18-9-13-11-20(24(2,22)23)8-7-14(13)15/h3-6,9-10H,7-8,11H2,1-2H3,(H,19,21). The Morgan fingerprint density at radius 3 is 2.71 bits per heavy atom. The predicted octanol–water partition coefficient (Wildman–Crippen LogP) is 1.96. The second-order valence-electron chi connectivity index (χ2n) is 5.94. The number of aromatic nitrogens is 1. The lowest BCUT2D eigenvalue weighted by atomic mass is 9.98. The molecule has 0 unspecified atom stereocenters. The number of para-hydroxylation sites is 1. The van der Waals surface area contributed by atoms with E-state index >= 15 is 0 Å². The molecule has 0 spiro atoms. The minimum absolute atomic E-state index is 0.221. The van der Waals surface area contributed by atoms with Crippen molar-refractivity contribution in [3.05, 3.63) is 58.9 Å². The van der Waals surface area contributed by atoms with Crippen molar-refractivity contribution in [3.63, 3.8) is 0 Å². The van der Waals surface area contributed by atoms with Gasteiger partial charge in [0.2, 0.25) is 10.0 Å². The number of rotatable bonds is 3. The maximum atomic E-state index is 12.6. The Hall–Kier alpha value is -2.25. The van der Waals surface area contributed by atoms with E-state index in [-0.39, 0.29) is 12.5 Å². The topological polar surface area (TPSA) is 79.4 Å². The summed E-state index contributed by atoms with van der Waals surface area (Å²) >= 11 is 0. The molecule has 0 aliphatic carbocycles. The molecule has 1 aromatic carbocycles. The van der Waals surface area contributed by atoms with Crippen molar-refractivity contribution >= 4 is 21.6 Å². The first kappa shape index (κ1) is 16.6. The monoisotopic (exact) mass is 345 g/mol. The maximum absolute atomic E-state index is 12.6. The number of fused-ring (bicyclic) bond motifs is 1. The van der Waals surface area contributed by atoms with E-state index < -0.39 is 10.0 Å². The Bertz CT molecular complexity index is 894. The van der Waals surface area contributed by atoms with Gasteiger partial charge in [-0.15, -0.1) is 0 Å². The Labute approximate surface area is 141 Å². The van der Waals surface area contributed by atoms with Crippen molar-refractivity contribution in [3.8, 4) is 0 Å². The van der Waals surface area contributed by atoms with E-state index in [1.807, 2.05) is 31.2 Å². The van der Waals surface area contributed by atoms with E-state index in [1.54, 1.807) is 12.4 Å². The van der Waals surface area contributed by atoms with Gasteiger partial charge in [-0.3, -0.25) is 9.78 Å². The summed E-state index contributed by atoms with van der Waals surface area (Å²) in [5.74, 6) is -0.221. The van der Waals surface area contributed by atoms with Crippen LogP contribution >= 0.6 is 0 Å². The predicted molar refractivity (Wildman–Crippen MR) is 92.3 cm³/mol. The number of hydrogen-bond acceptors (Lipinski definition) is 4. The van der Waals surface area contributed by atoms with E-state index in [4.69, 9.17) is 0 Å². The fourth-order valence-corrected chi connectivity index (χ4v) is 3.65. The maximum Gasteiger partial charge on any atom is 0.257 e. The molecule has 0 bridgehead atoms. The molecular formula is C17H19N3O3S. The summed E-state index contributed by atoms with van der Waals surface area (Å²) in [6.07, 6.45) is 4.88. The van der Waals surface area contributed by atoms with Crippen molar-refractivity contribution in [2.45, 2.75) is 19.9 Å². The average molecular weight is 345 g/mol. The normalized spacial score (nSPS) is 14.9. The highest BCUT2D eigenvalue weighted by Crippen LogP contribution is 2.24. The zero-order valence-corrected chi connectivity index (χ0v) is 14.4. The van der Waals surface area contributed by atoms with Crippen LogP contribution in [0.2, 0.25) is 0 Å². The molecular weight excluding hydrogens is 326 g/mol. The van der Waals surface area contributed by atoms with Crippen LogP contribution in [0, 0.1) is 6.92 Å². The molecule has 0 atom stereocenters. The largest absolute Gasteiger partial charge is 0.322 e. The van der Waals surface area contributed by atoms with Crippen molar-refractivity contribution in [2.75, 3.05) is 18.1 Å².